The molecule has 0 aliphatic heterocycles. The summed E-state index contributed by atoms with van der Waals surface area (Å²) in [5, 5.41) is 0.247. The number of aryl methyl sites for hydroxylation is 1. The van der Waals surface area contributed by atoms with Crippen molar-refractivity contribution in [1.29, 1.82) is 0 Å². The average molecular weight is 235 g/mol. The van der Waals surface area contributed by atoms with Crippen molar-refractivity contribution < 1.29 is 4.39 Å². The van der Waals surface area contributed by atoms with Crippen molar-refractivity contribution in [2.75, 3.05) is 5.73 Å². The summed E-state index contributed by atoms with van der Waals surface area (Å²) in [6, 6.07) is 7.76. The van der Waals surface area contributed by atoms with E-state index in [0.29, 0.717) is 0 Å². The zero-order valence-electron chi connectivity index (χ0n) is 8.64. The molecule has 0 fully saturated rings. The van der Waals surface area contributed by atoms with Crippen molar-refractivity contribution in [3.8, 4) is 0 Å². The van der Waals surface area contributed by atoms with E-state index >= 15 is 0 Å². The maximum Gasteiger partial charge on any atom is 0.221 e. The van der Waals surface area contributed by atoms with Crippen LogP contribution < -0.4 is 5.73 Å². The summed E-state index contributed by atoms with van der Waals surface area (Å²) in [7, 11) is 0. The lowest BCUT2D eigenvalue weighted by atomic mass is 10.2. The Balaban J connectivity index is 2.26. The van der Waals surface area contributed by atoms with Crippen LogP contribution in [0.5, 0.6) is 0 Å². The van der Waals surface area contributed by atoms with Gasteiger partial charge in [0.1, 0.15) is 5.03 Å². The second-order valence-electron chi connectivity index (χ2n) is 3.30. The largest absolute Gasteiger partial charge is 0.368 e. The number of nitrogen functional groups attached to an aromatic ring is 1. The zero-order chi connectivity index (χ0) is 11.5. The summed E-state index contributed by atoms with van der Waals surface area (Å²) in [5.74, 6) is -0.379. The van der Waals surface area contributed by atoms with Crippen molar-refractivity contribution >= 4 is 17.7 Å². The summed E-state index contributed by atoms with van der Waals surface area (Å²) in [6.45, 7) is 2.00. The Labute approximate surface area is 96.9 Å². The first-order valence-electron chi connectivity index (χ1n) is 4.67. The fourth-order valence-electron chi connectivity index (χ4n) is 1.15. The lowest BCUT2D eigenvalue weighted by Crippen LogP contribution is -1.97. The van der Waals surface area contributed by atoms with Crippen LogP contribution in [-0.4, -0.2) is 9.97 Å². The van der Waals surface area contributed by atoms with Gasteiger partial charge in [-0.15, -0.1) is 0 Å². The predicted molar refractivity (Wildman–Crippen MR) is 61.7 cm³/mol. The van der Waals surface area contributed by atoms with Gasteiger partial charge in [-0.25, -0.2) is 14.4 Å². The van der Waals surface area contributed by atoms with Crippen LogP contribution in [0, 0.1) is 12.7 Å². The van der Waals surface area contributed by atoms with Crippen LogP contribution in [0.15, 0.2) is 40.4 Å². The molecule has 1 aromatic heterocycles. The fourth-order valence-corrected chi connectivity index (χ4v) is 1.94. The Kier molecular flexibility index (Phi) is 3.05. The Hall–Kier alpha value is -1.62. The standard InChI is InChI=1S/C11H10FN3S/c1-7-2-4-8(5-3-7)16-10-9(12)6-14-11(13)15-10/h2-6H,1H3,(H2,13,14,15). The van der Waals surface area contributed by atoms with Crippen molar-refractivity contribution in [2.24, 2.45) is 0 Å². The number of anilines is 1. The first-order chi connectivity index (χ1) is 7.65. The molecule has 0 unspecified atom stereocenters. The van der Waals surface area contributed by atoms with Crippen LogP contribution in [-0.2, 0) is 0 Å². The molecule has 0 amide bonds. The minimum atomic E-state index is -0.459. The molecule has 0 bridgehead atoms. The van der Waals surface area contributed by atoms with Gasteiger partial charge < -0.3 is 5.73 Å². The molecule has 3 nitrogen and oxygen atoms in total. The smallest absolute Gasteiger partial charge is 0.221 e. The van der Waals surface area contributed by atoms with E-state index in [1.165, 1.54) is 11.8 Å². The second-order valence-corrected chi connectivity index (χ2v) is 4.36. The van der Waals surface area contributed by atoms with E-state index < -0.39 is 5.82 Å². The topological polar surface area (TPSA) is 51.8 Å². The van der Waals surface area contributed by atoms with Gasteiger partial charge in [0, 0.05) is 4.90 Å². The molecule has 0 saturated carbocycles. The number of rotatable bonds is 2. The molecule has 0 aliphatic carbocycles. The molecule has 0 radical (unpaired) electrons. The molecular weight excluding hydrogens is 225 g/mol. The maximum atomic E-state index is 13.3. The van der Waals surface area contributed by atoms with Gasteiger partial charge >= 0.3 is 0 Å². The van der Waals surface area contributed by atoms with Gasteiger partial charge in [0.25, 0.3) is 0 Å². The van der Waals surface area contributed by atoms with Gasteiger partial charge in [0.05, 0.1) is 6.20 Å². The third kappa shape index (κ3) is 2.49. The summed E-state index contributed by atoms with van der Waals surface area (Å²) < 4.78 is 13.3. The van der Waals surface area contributed by atoms with Crippen molar-refractivity contribution in [3.05, 3.63) is 41.8 Å². The van der Waals surface area contributed by atoms with E-state index in [1.807, 2.05) is 31.2 Å². The van der Waals surface area contributed by atoms with Crippen LogP contribution in [0.1, 0.15) is 5.56 Å². The minimum Gasteiger partial charge on any atom is -0.368 e. The van der Waals surface area contributed by atoms with E-state index in [4.69, 9.17) is 5.73 Å². The van der Waals surface area contributed by atoms with E-state index in [9.17, 15) is 4.39 Å². The Morgan fingerprint density at radius 2 is 1.94 bits per heavy atom. The van der Waals surface area contributed by atoms with Crippen LogP contribution >= 0.6 is 11.8 Å². The average Bonchev–Trinajstić information content (AvgIpc) is 2.27. The zero-order valence-corrected chi connectivity index (χ0v) is 9.46. The van der Waals surface area contributed by atoms with E-state index in [0.717, 1.165) is 16.7 Å². The second kappa shape index (κ2) is 4.49. The summed E-state index contributed by atoms with van der Waals surface area (Å²) >= 11 is 1.23. The van der Waals surface area contributed by atoms with Crippen molar-refractivity contribution in [2.45, 2.75) is 16.8 Å². The van der Waals surface area contributed by atoms with E-state index in [1.54, 1.807) is 0 Å². The molecule has 0 aliphatic rings. The molecule has 0 atom stereocenters. The van der Waals surface area contributed by atoms with Gasteiger partial charge in [-0.1, -0.05) is 29.5 Å². The van der Waals surface area contributed by atoms with E-state index in [2.05, 4.69) is 9.97 Å². The summed E-state index contributed by atoms with van der Waals surface area (Å²) in [6.07, 6.45) is 1.08. The maximum absolute atomic E-state index is 13.3. The fraction of sp³-hybridized carbons (Fsp3) is 0.0909. The van der Waals surface area contributed by atoms with Gasteiger partial charge in [-0.05, 0) is 19.1 Å². The van der Waals surface area contributed by atoms with Gasteiger partial charge in [0.2, 0.25) is 5.95 Å². The highest BCUT2D eigenvalue weighted by Gasteiger charge is 2.07. The molecule has 2 rings (SSSR count). The molecule has 16 heavy (non-hydrogen) atoms. The Bertz CT molecular complexity index is 499. The van der Waals surface area contributed by atoms with Crippen LogP contribution in [0.3, 0.4) is 0 Å². The molecule has 2 aromatic rings. The first-order valence-corrected chi connectivity index (χ1v) is 5.49. The molecule has 5 heteroatoms. The third-order valence-electron chi connectivity index (χ3n) is 1.97. The summed E-state index contributed by atoms with van der Waals surface area (Å²) in [5.41, 5.74) is 6.56. The lowest BCUT2D eigenvalue weighted by molar-refractivity contribution is 0.580. The van der Waals surface area contributed by atoms with E-state index in [-0.39, 0.29) is 11.0 Å². The van der Waals surface area contributed by atoms with Crippen LogP contribution in [0.25, 0.3) is 0 Å². The van der Waals surface area contributed by atoms with Gasteiger partial charge in [-0.3, -0.25) is 0 Å². The highest BCUT2D eigenvalue weighted by atomic mass is 32.2. The predicted octanol–water partition coefficient (Wildman–Crippen LogP) is 2.66. The minimum absolute atomic E-state index is 0.0796. The van der Waals surface area contributed by atoms with Crippen LogP contribution in [0.4, 0.5) is 10.3 Å². The highest BCUT2D eigenvalue weighted by molar-refractivity contribution is 7.99. The number of benzene rings is 1. The Morgan fingerprint density at radius 1 is 1.25 bits per heavy atom. The normalized spacial score (nSPS) is 10.4. The Morgan fingerprint density at radius 3 is 2.62 bits per heavy atom. The third-order valence-corrected chi connectivity index (χ3v) is 2.95. The summed E-state index contributed by atoms with van der Waals surface area (Å²) in [4.78, 5) is 8.34. The molecule has 1 aromatic carbocycles. The molecule has 82 valence electrons. The van der Waals surface area contributed by atoms with Crippen molar-refractivity contribution in [1.82, 2.24) is 9.97 Å². The number of hydrogen-bond donors (Lipinski definition) is 1. The number of hydrogen-bond acceptors (Lipinski definition) is 4. The van der Waals surface area contributed by atoms with Gasteiger partial charge in [0.15, 0.2) is 5.82 Å². The van der Waals surface area contributed by atoms with Crippen molar-refractivity contribution in [3.63, 3.8) is 0 Å². The number of halogens is 1. The van der Waals surface area contributed by atoms with Crippen LogP contribution in [0.2, 0.25) is 0 Å². The monoisotopic (exact) mass is 235 g/mol. The lowest BCUT2D eigenvalue weighted by Gasteiger charge is -2.02. The number of nitrogens with two attached hydrogens (primary N) is 1. The molecular formula is C11H10FN3S. The highest BCUT2D eigenvalue weighted by Crippen LogP contribution is 2.28. The molecule has 0 saturated heterocycles. The number of aromatic nitrogens is 2. The van der Waals surface area contributed by atoms with Gasteiger partial charge in [-0.2, -0.15) is 0 Å². The molecule has 0 spiro atoms. The first kappa shape index (κ1) is 10.9. The number of nitrogens with zero attached hydrogens (tertiary/aromatic N) is 2. The molecule has 2 N–H and O–H groups in total. The SMILES string of the molecule is Cc1ccc(Sc2nc(N)ncc2F)cc1. The molecule has 1 heterocycles. The quantitative estimate of drug-likeness (QED) is 0.813.